The first-order valence-corrected chi connectivity index (χ1v) is 8.64. The largest absolute Gasteiger partial charge is 0.256 e. The zero-order valence-electron chi connectivity index (χ0n) is 13.8. The van der Waals surface area contributed by atoms with Gasteiger partial charge in [0.25, 0.3) is 0 Å². The molecule has 0 spiro atoms. The molecule has 0 N–H and O–H groups in total. The van der Waals surface area contributed by atoms with Gasteiger partial charge in [-0.1, -0.05) is 36.4 Å². The van der Waals surface area contributed by atoms with E-state index >= 15 is 0 Å². The molecule has 0 radical (unpaired) electrons. The van der Waals surface area contributed by atoms with Crippen LogP contribution in [0.5, 0.6) is 0 Å². The monoisotopic (exact) mass is 323 g/mol. The molecule has 25 heavy (non-hydrogen) atoms. The van der Waals surface area contributed by atoms with E-state index in [-0.39, 0.29) is 0 Å². The summed E-state index contributed by atoms with van der Waals surface area (Å²) in [5.41, 5.74) is 6.86. The Balaban J connectivity index is 1.65. The molecule has 0 bridgehead atoms. The van der Waals surface area contributed by atoms with Crippen LogP contribution in [0.3, 0.4) is 0 Å². The number of benzene rings is 2. The second-order valence-electron chi connectivity index (χ2n) is 6.60. The van der Waals surface area contributed by atoms with Crippen LogP contribution < -0.4 is 0 Å². The number of hydrogen-bond donors (Lipinski definition) is 0. The van der Waals surface area contributed by atoms with Crippen molar-refractivity contribution < 1.29 is 0 Å². The maximum absolute atomic E-state index is 4.69. The van der Waals surface area contributed by atoms with Gasteiger partial charge in [-0.2, -0.15) is 0 Å². The van der Waals surface area contributed by atoms with E-state index in [1.54, 1.807) is 6.33 Å². The van der Waals surface area contributed by atoms with E-state index in [2.05, 4.69) is 58.5 Å². The van der Waals surface area contributed by atoms with Gasteiger partial charge in [-0.15, -0.1) is 0 Å². The van der Waals surface area contributed by atoms with Crippen molar-refractivity contribution in [2.75, 3.05) is 0 Å². The highest BCUT2D eigenvalue weighted by molar-refractivity contribution is 5.87. The van der Waals surface area contributed by atoms with Crippen molar-refractivity contribution in [1.82, 2.24) is 15.0 Å². The van der Waals surface area contributed by atoms with Gasteiger partial charge in [-0.05, 0) is 48.1 Å². The van der Waals surface area contributed by atoms with Gasteiger partial charge in [0, 0.05) is 28.9 Å². The SMILES string of the molecule is c1cc(-c2ncccc2-c2ccc3cncnc3c2)cc(C2CC2)c1. The van der Waals surface area contributed by atoms with Crippen LogP contribution in [0.15, 0.2) is 73.3 Å². The van der Waals surface area contributed by atoms with Gasteiger partial charge in [0.1, 0.15) is 6.33 Å². The molecule has 5 rings (SSSR count). The third-order valence-electron chi connectivity index (χ3n) is 4.84. The van der Waals surface area contributed by atoms with Crippen LogP contribution >= 0.6 is 0 Å². The third kappa shape index (κ3) is 2.68. The zero-order valence-corrected chi connectivity index (χ0v) is 13.8. The molecule has 0 saturated heterocycles. The summed E-state index contributed by atoms with van der Waals surface area (Å²) in [5, 5.41) is 1.05. The van der Waals surface area contributed by atoms with Crippen LogP contribution in [-0.2, 0) is 0 Å². The molecule has 2 aromatic carbocycles. The highest BCUT2D eigenvalue weighted by Crippen LogP contribution is 2.41. The Kier molecular flexibility index (Phi) is 3.30. The molecule has 1 aliphatic carbocycles. The van der Waals surface area contributed by atoms with Gasteiger partial charge >= 0.3 is 0 Å². The summed E-state index contributed by atoms with van der Waals surface area (Å²) >= 11 is 0. The lowest BCUT2D eigenvalue weighted by Crippen LogP contribution is -1.91. The lowest BCUT2D eigenvalue weighted by molar-refractivity contribution is 1.13. The molecule has 3 nitrogen and oxygen atoms in total. The summed E-state index contributed by atoms with van der Waals surface area (Å²) in [6.45, 7) is 0. The Bertz CT molecular complexity index is 1070. The van der Waals surface area contributed by atoms with Crippen LogP contribution in [0.25, 0.3) is 33.3 Å². The van der Waals surface area contributed by atoms with Crippen LogP contribution in [0.1, 0.15) is 24.3 Å². The van der Waals surface area contributed by atoms with E-state index in [9.17, 15) is 0 Å². The Morgan fingerprint density at radius 1 is 0.840 bits per heavy atom. The van der Waals surface area contributed by atoms with Gasteiger partial charge < -0.3 is 0 Å². The molecule has 120 valence electrons. The molecule has 2 aromatic heterocycles. The van der Waals surface area contributed by atoms with E-state index in [1.807, 2.05) is 18.5 Å². The summed E-state index contributed by atoms with van der Waals surface area (Å²) in [6.07, 6.45) is 7.92. The maximum Gasteiger partial charge on any atom is 0.116 e. The molecule has 0 amide bonds. The van der Waals surface area contributed by atoms with Gasteiger partial charge in [0.15, 0.2) is 0 Å². The highest BCUT2D eigenvalue weighted by atomic mass is 14.8. The lowest BCUT2D eigenvalue weighted by atomic mass is 9.97. The standard InChI is InChI=1S/C22H17N3/c1-3-16(15-6-7-15)11-18(4-1)22-20(5-2-10-24-22)17-8-9-19-13-23-14-25-21(19)12-17/h1-5,8-15H,6-7H2. The van der Waals surface area contributed by atoms with Gasteiger partial charge in [0.2, 0.25) is 0 Å². The van der Waals surface area contributed by atoms with Crippen LogP contribution in [0.4, 0.5) is 0 Å². The molecule has 0 aliphatic heterocycles. The topological polar surface area (TPSA) is 38.7 Å². The van der Waals surface area contributed by atoms with Crippen molar-refractivity contribution in [2.24, 2.45) is 0 Å². The molecule has 1 fully saturated rings. The second-order valence-corrected chi connectivity index (χ2v) is 6.60. The minimum Gasteiger partial charge on any atom is -0.256 e. The summed E-state index contributed by atoms with van der Waals surface area (Å²) in [7, 11) is 0. The number of fused-ring (bicyclic) bond motifs is 1. The smallest absolute Gasteiger partial charge is 0.116 e. The number of pyridine rings is 1. The van der Waals surface area contributed by atoms with Gasteiger partial charge in [-0.25, -0.2) is 9.97 Å². The predicted octanol–water partition coefficient (Wildman–Crippen LogP) is 5.24. The first kappa shape index (κ1) is 14.3. The molecule has 4 aromatic rings. The number of nitrogens with zero attached hydrogens (tertiary/aromatic N) is 3. The van der Waals surface area contributed by atoms with Crippen molar-refractivity contribution in [3.8, 4) is 22.4 Å². The van der Waals surface area contributed by atoms with Crippen molar-refractivity contribution in [2.45, 2.75) is 18.8 Å². The molecule has 2 heterocycles. The molecule has 3 heteroatoms. The summed E-state index contributed by atoms with van der Waals surface area (Å²) in [6, 6.07) is 19.3. The molecular weight excluding hydrogens is 306 g/mol. The first-order chi connectivity index (χ1) is 12.4. The average molecular weight is 323 g/mol. The summed E-state index contributed by atoms with van der Waals surface area (Å²) < 4.78 is 0. The Morgan fingerprint density at radius 3 is 2.72 bits per heavy atom. The first-order valence-electron chi connectivity index (χ1n) is 8.64. The number of rotatable bonds is 3. The van der Waals surface area contributed by atoms with Crippen LogP contribution in [0.2, 0.25) is 0 Å². The summed E-state index contributed by atoms with van der Waals surface area (Å²) in [5.74, 6) is 0.740. The normalized spacial score (nSPS) is 13.9. The van der Waals surface area contributed by atoms with E-state index < -0.39 is 0 Å². The zero-order chi connectivity index (χ0) is 16.6. The predicted molar refractivity (Wildman–Crippen MR) is 100 cm³/mol. The fourth-order valence-corrected chi connectivity index (χ4v) is 3.37. The lowest BCUT2D eigenvalue weighted by Gasteiger charge is -2.11. The van der Waals surface area contributed by atoms with Crippen molar-refractivity contribution >= 4 is 10.9 Å². The number of hydrogen-bond acceptors (Lipinski definition) is 3. The minimum absolute atomic E-state index is 0.740. The fraction of sp³-hybridized carbons (Fsp3) is 0.136. The third-order valence-corrected chi connectivity index (χ3v) is 4.84. The summed E-state index contributed by atoms with van der Waals surface area (Å²) in [4.78, 5) is 13.2. The molecule has 1 saturated carbocycles. The second kappa shape index (κ2) is 5.78. The quantitative estimate of drug-likeness (QED) is 0.518. The van der Waals surface area contributed by atoms with Gasteiger partial charge in [-0.3, -0.25) is 4.98 Å². The van der Waals surface area contributed by atoms with Crippen molar-refractivity contribution in [3.05, 3.63) is 78.9 Å². The maximum atomic E-state index is 4.69. The van der Waals surface area contributed by atoms with Gasteiger partial charge in [0.05, 0.1) is 11.2 Å². The van der Waals surface area contributed by atoms with E-state index in [4.69, 9.17) is 4.98 Å². The van der Waals surface area contributed by atoms with Crippen LogP contribution in [0, 0.1) is 0 Å². The van der Waals surface area contributed by atoms with E-state index in [0.717, 1.165) is 33.6 Å². The molecule has 0 atom stereocenters. The number of aromatic nitrogens is 3. The van der Waals surface area contributed by atoms with Crippen molar-refractivity contribution in [1.29, 1.82) is 0 Å². The Labute approximate surface area is 146 Å². The molecule has 0 unspecified atom stereocenters. The van der Waals surface area contributed by atoms with Crippen LogP contribution in [-0.4, -0.2) is 15.0 Å². The molecular formula is C22H17N3. The Morgan fingerprint density at radius 2 is 1.80 bits per heavy atom. The minimum atomic E-state index is 0.740. The van der Waals surface area contributed by atoms with E-state index in [1.165, 1.54) is 24.0 Å². The van der Waals surface area contributed by atoms with Crippen molar-refractivity contribution in [3.63, 3.8) is 0 Å². The average Bonchev–Trinajstić information content (AvgIpc) is 3.53. The Hall–Kier alpha value is -3.07. The fourth-order valence-electron chi connectivity index (χ4n) is 3.37. The molecule has 1 aliphatic rings. The van der Waals surface area contributed by atoms with E-state index in [0.29, 0.717) is 0 Å². The highest BCUT2D eigenvalue weighted by Gasteiger charge is 2.23.